The molecule has 21 heavy (non-hydrogen) atoms. The number of pyridine rings is 1. The Morgan fingerprint density at radius 2 is 1.95 bits per heavy atom. The maximum absolute atomic E-state index is 4.45. The summed E-state index contributed by atoms with van der Waals surface area (Å²) in [4.78, 5) is 6.49. The zero-order valence-electron chi connectivity index (χ0n) is 13.1. The lowest BCUT2D eigenvalue weighted by atomic mass is 10.0. The zero-order chi connectivity index (χ0) is 14.8. The summed E-state index contributed by atoms with van der Waals surface area (Å²) in [7, 11) is 4.04. The van der Waals surface area contributed by atoms with Gasteiger partial charge >= 0.3 is 0 Å². The largest absolute Gasteiger partial charge is 0.376 e. The van der Waals surface area contributed by atoms with E-state index in [1.165, 1.54) is 36.0 Å². The number of hydrogen-bond acceptors (Lipinski definition) is 3. The van der Waals surface area contributed by atoms with Crippen LogP contribution in [0, 0.1) is 0 Å². The van der Waals surface area contributed by atoms with Crippen LogP contribution < -0.4 is 10.2 Å². The number of benzene rings is 1. The van der Waals surface area contributed by atoms with Crippen molar-refractivity contribution < 1.29 is 0 Å². The minimum absolute atomic E-state index is 0.277. The molecular formula is C18H23N3. The Labute approximate surface area is 127 Å². The summed E-state index contributed by atoms with van der Waals surface area (Å²) in [6.45, 7) is 2.21. The highest BCUT2D eigenvalue weighted by molar-refractivity contribution is 5.65. The van der Waals surface area contributed by atoms with Crippen LogP contribution in [0.5, 0.6) is 0 Å². The molecule has 110 valence electrons. The van der Waals surface area contributed by atoms with Crippen molar-refractivity contribution in [2.24, 2.45) is 0 Å². The standard InChI is InChI=1S/C18H23N3/c1-13(15-10-9-14-6-4-7-16(14)12-15)20-17-8-5-11-19-18(17)21(2)3/h5,8-13,20H,4,6-7H2,1-3H3. The molecule has 0 fully saturated rings. The molecule has 3 nitrogen and oxygen atoms in total. The zero-order valence-corrected chi connectivity index (χ0v) is 13.1. The van der Waals surface area contributed by atoms with Gasteiger partial charge in [0.05, 0.1) is 5.69 Å². The molecule has 0 bridgehead atoms. The van der Waals surface area contributed by atoms with Crippen LogP contribution in [0.25, 0.3) is 0 Å². The molecular weight excluding hydrogens is 258 g/mol. The van der Waals surface area contributed by atoms with Crippen molar-refractivity contribution in [3.63, 3.8) is 0 Å². The quantitative estimate of drug-likeness (QED) is 0.923. The molecule has 2 aromatic rings. The van der Waals surface area contributed by atoms with Crippen LogP contribution in [0.1, 0.15) is 36.1 Å². The molecule has 0 radical (unpaired) electrons. The van der Waals surface area contributed by atoms with Crippen LogP contribution in [-0.4, -0.2) is 19.1 Å². The number of nitrogens with zero attached hydrogens (tertiary/aromatic N) is 2. The second kappa shape index (κ2) is 5.76. The number of aromatic nitrogens is 1. The van der Waals surface area contributed by atoms with Gasteiger partial charge in [-0.05, 0) is 55.0 Å². The maximum atomic E-state index is 4.45. The molecule has 1 aromatic carbocycles. The van der Waals surface area contributed by atoms with E-state index in [1.807, 2.05) is 31.3 Å². The van der Waals surface area contributed by atoms with Crippen LogP contribution in [0.2, 0.25) is 0 Å². The molecule has 0 amide bonds. The number of fused-ring (bicyclic) bond motifs is 1. The van der Waals surface area contributed by atoms with Gasteiger partial charge in [0.25, 0.3) is 0 Å². The van der Waals surface area contributed by atoms with E-state index in [4.69, 9.17) is 0 Å². The molecule has 3 rings (SSSR count). The number of nitrogens with one attached hydrogen (secondary N) is 1. The molecule has 0 spiro atoms. The van der Waals surface area contributed by atoms with E-state index >= 15 is 0 Å². The Hall–Kier alpha value is -2.03. The number of hydrogen-bond donors (Lipinski definition) is 1. The van der Waals surface area contributed by atoms with E-state index in [0.717, 1.165) is 11.5 Å². The van der Waals surface area contributed by atoms with Crippen LogP contribution in [0.3, 0.4) is 0 Å². The van der Waals surface area contributed by atoms with Crippen LogP contribution >= 0.6 is 0 Å². The van der Waals surface area contributed by atoms with Gasteiger partial charge in [0.2, 0.25) is 0 Å². The third kappa shape index (κ3) is 2.87. The van der Waals surface area contributed by atoms with Crippen molar-refractivity contribution in [2.75, 3.05) is 24.3 Å². The van der Waals surface area contributed by atoms with Crippen molar-refractivity contribution in [2.45, 2.75) is 32.2 Å². The summed E-state index contributed by atoms with van der Waals surface area (Å²) in [5, 5.41) is 3.60. The fourth-order valence-corrected chi connectivity index (χ4v) is 3.04. The van der Waals surface area contributed by atoms with Gasteiger partial charge in [0.1, 0.15) is 0 Å². The highest BCUT2D eigenvalue weighted by Crippen LogP contribution is 2.29. The van der Waals surface area contributed by atoms with E-state index < -0.39 is 0 Å². The molecule has 1 atom stereocenters. The van der Waals surface area contributed by atoms with Gasteiger partial charge < -0.3 is 10.2 Å². The summed E-state index contributed by atoms with van der Waals surface area (Å²) in [5.41, 5.74) is 5.49. The smallest absolute Gasteiger partial charge is 0.151 e. The predicted octanol–water partition coefficient (Wildman–Crippen LogP) is 3.81. The Kier molecular flexibility index (Phi) is 3.82. The molecule has 1 aromatic heterocycles. The molecule has 0 saturated carbocycles. The van der Waals surface area contributed by atoms with Crippen LogP contribution in [-0.2, 0) is 12.8 Å². The van der Waals surface area contributed by atoms with Gasteiger partial charge in [0, 0.05) is 26.3 Å². The lowest BCUT2D eigenvalue weighted by Crippen LogP contribution is -2.15. The van der Waals surface area contributed by atoms with E-state index in [9.17, 15) is 0 Å². The van der Waals surface area contributed by atoms with E-state index in [2.05, 4.69) is 41.5 Å². The minimum Gasteiger partial charge on any atom is -0.376 e. The Balaban J connectivity index is 1.82. The third-order valence-electron chi connectivity index (χ3n) is 4.20. The molecule has 0 saturated heterocycles. The van der Waals surface area contributed by atoms with Gasteiger partial charge in [-0.3, -0.25) is 0 Å². The lowest BCUT2D eigenvalue weighted by molar-refractivity contribution is 0.875. The first kappa shape index (κ1) is 13.9. The highest BCUT2D eigenvalue weighted by atomic mass is 15.2. The molecule has 1 heterocycles. The first-order valence-corrected chi connectivity index (χ1v) is 7.66. The monoisotopic (exact) mass is 281 g/mol. The Morgan fingerprint density at radius 3 is 2.76 bits per heavy atom. The second-order valence-electron chi connectivity index (χ2n) is 6.02. The van der Waals surface area contributed by atoms with E-state index in [0.29, 0.717) is 0 Å². The fraction of sp³-hybridized carbons (Fsp3) is 0.389. The Bertz CT molecular complexity index is 634. The summed E-state index contributed by atoms with van der Waals surface area (Å²) >= 11 is 0. The Morgan fingerprint density at radius 1 is 1.14 bits per heavy atom. The normalized spacial score (nSPS) is 14.6. The maximum Gasteiger partial charge on any atom is 0.151 e. The second-order valence-corrected chi connectivity index (χ2v) is 6.02. The van der Waals surface area contributed by atoms with Crippen molar-refractivity contribution in [3.8, 4) is 0 Å². The van der Waals surface area contributed by atoms with Crippen LogP contribution in [0.15, 0.2) is 36.5 Å². The average molecular weight is 281 g/mol. The topological polar surface area (TPSA) is 28.2 Å². The van der Waals surface area contributed by atoms with Gasteiger partial charge in [-0.1, -0.05) is 18.2 Å². The lowest BCUT2D eigenvalue weighted by Gasteiger charge is -2.21. The number of aryl methyl sites for hydroxylation is 2. The minimum atomic E-state index is 0.277. The first-order valence-electron chi connectivity index (χ1n) is 7.66. The fourth-order valence-electron chi connectivity index (χ4n) is 3.04. The third-order valence-corrected chi connectivity index (χ3v) is 4.20. The van der Waals surface area contributed by atoms with Gasteiger partial charge in [0.15, 0.2) is 5.82 Å². The van der Waals surface area contributed by atoms with E-state index in [1.54, 1.807) is 0 Å². The van der Waals surface area contributed by atoms with Crippen molar-refractivity contribution >= 4 is 11.5 Å². The van der Waals surface area contributed by atoms with Crippen LogP contribution in [0.4, 0.5) is 11.5 Å². The van der Waals surface area contributed by atoms with E-state index in [-0.39, 0.29) is 6.04 Å². The molecule has 0 aliphatic heterocycles. The first-order chi connectivity index (χ1) is 10.1. The summed E-state index contributed by atoms with van der Waals surface area (Å²) in [6.07, 6.45) is 5.60. The number of anilines is 2. The van der Waals surface area contributed by atoms with Crippen molar-refractivity contribution in [3.05, 3.63) is 53.2 Å². The van der Waals surface area contributed by atoms with Gasteiger partial charge in [-0.2, -0.15) is 0 Å². The van der Waals surface area contributed by atoms with Gasteiger partial charge in [-0.15, -0.1) is 0 Å². The molecule has 1 aliphatic rings. The van der Waals surface area contributed by atoms with Crippen molar-refractivity contribution in [1.82, 2.24) is 4.98 Å². The SMILES string of the molecule is CC(Nc1cccnc1N(C)C)c1ccc2c(c1)CCC2. The van der Waals surface area contributed by atoms with Crippen molar-refractivity contribution in [1.29, 1.82) is 0 Å². The molecule has 1 aliphatic carbocycles. The summed E-state index contributed by atoms with van der Waals surface area (Å²) < 4.78 is 0. The average Bonchev–Trinajstić information content (AvgIpc) is 2.94. The predicted molar refractivity (Wildman–Crippen MR) is 89.1 cm³/mol. The summed E-state index contributed by atoms with van der Waals surface area (Å²) in [6, 6.07) is 11.3. The molecule has 1 N–H and O–H groups in total. The summed E-state index contributed by atoms with van der Waals surface area (Å²) in [5.74, 6) is 0.977. The number of rotatable bonds is 4. The molecule has 1 unspecified atom stereocenters. The highest BCUT2D eigenvalue weighted by Gasteiger charge is 2.14. The molecule has 3 heteroatoms. The van der Waals surface area contributed by atoms with Gasteiger partial charge in [-0.25, -0.2) is 4.98 Å².